The summed E-state index contributed by atoms with van der Waals surface area (Å²) in [6, 6.07) is 20.8. The Labute approximate surface area is 170 Å². The number of aromatic nitrogens is 3. The molecule has 0 aliphatic carbocycles. The zero-order valence-electron chi connectivity index (χ0n) is 16.4. The summed E-state index contributed by atoms with van der Waals surface area (Å²) >= 11 is 0. The number of piperazine rings is 1. The van der Waals surface area contributed by atoms with Gasteiger partial charge in [-0.1, -0.05) is 18.2 Å². The Morgan fingerprint density at radius 2 is 1.45 bits per heavy atom. The average Bonchev–Trinajstić information content (AvgIpc) is 3.18. The van der Waals surface area contributed by atoms with Gasteiger partial charge in [-0.2, -0.15) is 0 Å². The molecule has 1 aliphatic rings. The number of anilines is 2. The van der Waals surface area contributed by atoms with Gasteiger partial charge >= 0.3 is 0 Å². The van der Waals surface area contributed by atoms with Gasteiger partial charge in [-0.15, -0.1) is 5.10 Å². The third-order valence-corrected chi connectivity index (χ3v) is 5.50. The molecule has 0 N–H and O–H groups in total. The average molecular weight is 385 g/mol. The van der Waals surface area contributed by atoms with Crippen molar-refractivity contribution in [1.29, 1.82) is 0 Å². The first-order chi connectivity index (χ1) is 14.3. The first kappa shape index (κ1) is 17.6. The zero-order valence-corrected chi connectivity index (χ0v) is 16.4. The fourth-order valence-electron chi connectivity index (χ4n) is 3.97. The molecule has 1 aliphatic heterocycles. The van der Waals surface area contributed by atoms with Crippen LogP contribution in [-0.4, -0.2) is 48.1 Å². The van der Waals surface area contributed by atoms with E-state index in [1.165, 1.54) is 11.4 Å². The second kappa shape index (κ2) is 7.47. The van der Waals surface area contributed by atoms with E-state index in [0.717, 1.165) is 42.8 Å². The molecule has 0 radical (unpaired) electrons. The molecule has 0 atom stereocenters. The van der Waals surface area contributed by atoms with Crippen LogP contribution in [0.2, 0.25) is 0 Å². The number of nitrogens with zero attached hydrogens (tertiary/aromatic N) is 5. The van der Waals surface area contributed by atoms with Crippen LogP contribution >= 0.6 is 0 Å². The first-order valence-corrected chi connectivity index (χ1v) is 9.85. The minimum absolute atomic E-state index is 0.651. The van der Waals surface area contributed by atoms with Crippen molar-refractivity contribution in [2.24, 2.45) is 0 Å². The summed E-state index contributed by atoms with van der Waals surface area (Å²) in [4.78, 5) is 8.97. The summed E-state index contributed by atoms with van der Waals surface area (Å²) in [6.07, 6.45) is 3.71. The topological polar surface area (TPSA) is 46.4 Å². The van der Waals surface area contributed by atoms with Crippen LogP contribution in [0.1, 0.15) is 0 Å². The number of hydrogen-bond acceptors (Lipinski definition) is 5. The molecule has 6 nitrogen and oxygen atoms in total. The SMILES string of the molecule is COc1nn(-c2ccccc2)c2cc(N3CCN(c4ccncc4)CC3)ccc12. The fourth-order valence-corrected chi connectivity index (χ4v) is 3.97. The molecule has 2 aromatic carbocycles. The monoisotopic (exact) mass is 385 g/mol. The highest BCUT2D eigenvalue weighted by atomic mass is 16.5. The van der Waals surface area contributed by atoms with E-state index < -0.39 is 0 Å². The number of fused-ring (bicyclic) bond motifs is 1. The van der Waals surface area contributed by atoms with E-state index in [1.54, 1.807) is 7.11 Å². The number of rotatable bonds is 4. The number of methoxy groups -OCH3 is 1. The van der Waals surface area contributed by atoms with Gasteiger partial charge in [0.25, 0.3) is 0 Å². The van der Waals surface area contributed by atoms with Crippen molar-refractivity contribution in [3.63, 3.8) is 0 Å². The predicted molar refractivity (Wildman–Crippen MR) is 116 cm³/mol. The third-order valence-electron chi connectivity index (χ3n) is 5.50. The smallest absolute Gasteiger partial charge is 0.240 e. The molecule has 0 amide bonds. The molecular weight excluding hydrogens is 362 g/mol. The van der Waals surface area contributed by atoms with Crippen molar-refractivity contribution >= 4 is 22.3 Å². The van der Waals surface area contributed by atoms with Crippen molar-refractivity contribution in [2.75, 3.05) is 43.1 Å². The maximum Gasteiger partial charge on any atom is 0.240 e. The normalized spacial score (nSPS) is 14.4. The summed E-state index contributed by atoms with van der Waals surface area (Å²) in [7, 11) is 1.67. The van der Waals surface area contributed by atoms with Crippen LogP contribution in [0.3, 0.4) is 0 Å². The molecule has 0 spiro atoms. The lowest BCUT2D eigenvalue weighted by Gasteiger charge is -2.37. The van der Waals surface area contributed by atoms with E-state index in [4.69, 9.17) is 4.74 Å². The maximum atomic E-state index is 5.52. The number of pyridine rings is 1. The van der Waals surface area contributed by atoms with Gasteiger partial charge in [0.15, 0.2) is 0 Å². The summed E-state index contributed by atoms with van der Waals surface area (Å²) < 4.78 is 7.48. The zero-order chi connectivity index (χ0) is 19.6. The molecular formula is C23H23N5O. The molecule has 1 saturated heterocycles. The van der Waals surface area contributed by atoms with Gasteiger partial charge in [0.1, 0.15) is 0 Å². The molecule has 4 aromatic rings. The Balaban J connectivity index is 1.44. The summed E-state index contributed by atoms with van der Waals surface area (Å²) in [5.74, 6) is 0.651. The minimum atomic E-state index is 0.651. The van der Waals surface area contributed by atoms with E-state index >= 15 is 0 Å². The highest BCUT2D eigenvalue weighted by molar-refractivity contribution is 5.89. The molecule has 6 heteroatoms. The van der Waals surface area contributed by atoms with Gasteiger partial charge < -0.3 is 14.5 Å². The van der Waals surface area contributed by atoms with E-state index in [0.29, 0.717) is 5.88 Å². The number of benzene rings is 2. The molecule has 5 rings (SSSR count). The Kier molecular flexibility index (Phi) is 4.52. The highest BCUT2D eigenvalue weighted by Crippen LogP contribution is 2.31. The Morgan fingerprint density at radius 1 is 0.759 bits per heavy atom. The largest absolute Gasteiger partial charge is 0.479 e. The van der Waals surface area contributed by atoms with Gasteiger partial charge in [-0.25, -0.2) is 4.68 Å². The number of hydrogen-bond donors (Lipinski definition) is 0. The van der Waals surface area contributed by atoms with Crippen molar-refractivity contribution in [3.05, 3.63) is 73.1 Å². The van der Waals surface area contributed by atoms with Crippen LogP contribution in [0, 0.1) is 0 Å². The van der Waals surface area contributed by atoms with E-state index in [1.807, 2.05) is 35.3 Å². The highest BCUT2D eigenvalue weighted by Gasteiger charge is 2.19. The van der Waals surface area contributed by atoms with Gasteiger partial charge in [0.2, 0.25) is 5.88 Å². The van der Waals surface area contributed by atoms with Gasteiger partial charge in [-0.3, -0.25) is 4.98 Å². The lowest BCUT2D eigenvalue weighted by Crippen LogP contribution is -2.46. The summed E-state index contributed by atoms with van der Waals surface area (Å²) in [5, 5.41) is 5.70. The molecule has 146 valence electrons. The van der Waals surface area contributed by atoms with E-state index in [9.17, 15) is 0 Å². The van der Waals surface area contributed by atoms with E-state index in [-0.39, 0.29) is 0 Å². The van der Waals surface area contributed by atoms with Gasteiger partial charge in [-0.05, 0) is 42.5 Å². The second-order valence-electron chi connectivity index (χ2n) is 7.14. The van der Waals surface area contributed by atoms with Crippen LogP contribution in [-0.2, 0) is 0 Å². The predicted octanol–water partition coefficient (Wildman–Crippen LogP) is 3.76. The van der Waals surface area contributed by atoms with Crippen LogP contribution < -0.4 is 14.5 Å². The summed E-state index contributed by atoms with van der Waals surface area (Å²) in [6.45, 7) is 3.93. The Morgan fingerprint density at radius 3 is 2.14 bits per heavy atom. The lowest BCUT2D eigenvalue weighted by molar-refractivity contribution is 0.398. The van der Waals surface area contributed by atoms with Crippen LogP contribution in [0.5, 0.6) is 5.88 Å². The first-order valence-electron chi connectivity index (χ1n) is 9.85. The van der Waals surface area contributed by atoms with Crippen molar-refractivity contribution in [3.8, 4) is 11.6 Å². The van der Waals surface area contributed by atoms with Crippen LogP contribution in [0.4, 0.5) is 11.4 Å². The lowest BCUT2D eigenvalue weighted by atomic mass is 10.2. The molecule has 0 unspecified atom stereocenters. The van der Waals surface area contributed by atoms with Gasteiger partial charge in [0.05, 0.1) is 23.7 Å². The van der Waals surface area contributed by atoms with E-state index in [2.05, 4.69) is 62.3 Å². The Hall–Kier alpha value is -3.54. The van der Waals surface area contributed by atoms with Crippen LogP contribution in [0.15, 0.2) is 73.1 Å². The van der Waals surface area contributed by atoms with Crippen molar-refractivity contribution in [1.82, 2.24) is 14.8 Å². The quantitative estimate of drug-likeness (QED) is 0.535. The maximum absolute atomic E-state index is 5.52. The number of ether oxygens (including phenoxy) is 1. The summed E-state index contributed by atoms with van der Waals surface area (Å²) in [5.41, 5.74) is 4.54. The van der Waals surface area contributed by atoms with Crippen LogP contribution in [0.25, 0.3) is 16.6 Å². The molecule has 29 heavy (non-hydrogen) atoms. The molecule has 2 aromatic heterocycles. The molecule has 1 fully saturated rings. The van der Waals surface area contributed by atoms with Crippen molar-refractivity contribution in [2.45, 2.75) is 0 Å². The standard InChI is InChI=1S/C23H23N5O/c1-29-23-21-8-7-20(17-22(21)28(25-23)19-5-3-2-4-6-19)27-15-13-26(14-16-27)18-9-11-24-12-10-18/h2-12,17H,13-16H2,1H3. The molecule has 0 bridgehead atoms. The molecule has 0 saturated carbocycles. The van der Waals surface area contributed by atoms with Crippen molar-refractivity contribution < 1.29 is 4.74 Å². The second-order valence-corrected chi connectivity index (χ2v) is 7.14. The molecule has 3 heterocycles. The van der Waals surface area contributed by atoms with Gasteiger partial charge in [0, 0.05) is 49.9 Å². The fraction of sp³-hybridized carbons (Fsp3) is 0.217. The third kappa shape index (κ3) is 3.27. The Bertz CT molecular complexity index is 1100. The minimum Gasteiger partial charge on any atom is -0.479 e. The number of para-hydroxylation sites is 1.